The molecule has 2 aromatic carbocycles. The first kappa shape index (κ1) is 21.7. The monoisotopic (exact) mass is 454 g/mol. The summed E-state index contributed by atoms with van der Waals surface area (Å²) in [5.74, 6) is 0.283. The maximum atomic E-state index is 13.8. The quantitative estimate of drug-likeness (QED) is 0.481. The van der Waals surface area contributed by atoms with Crippen LogP contribution in [0.3, 0.4) is 0 Å². The molecule has 7 heteroatoms. The van der Waals surface area contributed by atoms with E-state index in [1.54, 1.807) is 18.2 Å². The van der Waals surface area contributed by atoms with E-state index in [1.807, 2.05) is 84.3 Å². The number of rotatable bonds is 6. The maximum Gasteiger partial charge on any atom is 0.271 e. The Bertz CT molecular complexity index is 1360. The van der Waals surface area contributed by atoms with Gasteiger partial charge in [-0.2, -0.15) is 0 Å². The van der Waals surface area contributed by atoms with E-state index in [4.69, 9.17) is 4.74 Å². The van der Waals surface area contributed by atoms with E-state index in [1.165, 1.54) is 0 Å². The summed E-state index contributed by atoms with van der Waals surface area (Å²) in [6.07, 6.45) is 1.69. The van der Waals surface area contributed by atoms with E-state index in [-0.39, 0.29) is 18.4 Å². The summed E-state index contributed by atoms with van der Waals surface area (Å²) in [7, 11) is 1.61. The third-order valence-electron chi connectivity index (χ3n) is 6.50. The van der Waals surface area contributed by atoms with Crippen molar-refractivity contribution in [3.05, 3.63) is 95.9 Å². The summed E-state index contributed by atoms with van der Waals surface area (Å²) in [6, 6.07) is 22.9. The molecule has 0 bridgehead atoms. The van der Waals surface area contributed by atoms with Gasteiger partial charge in [0.2, 0.25) is 5.91 Å². The van der Waals surface area contributed by atoms with Gasteiger partial charge in [0, 0.05) is 29.2 Å². The zero-order valence-corrected chi connectivity index (χ0v) is 19.2. The van der Waals surface area contributed by atoms with Gasteiger partial charge in [-0.05, 0) is 37.3 Å². The summed E-state index contributed by atoms with van der Waals surface area (Å²) in [6.45, 7) is 2.69. The topological polar surface area (TPSA) is 76.5 Å². The first-order valence-electron chi connectivity index (χ1n) is 11.2. The molecule has 4 aromatic rings. The lowest BCUT2D eigenvalue weighted by Gasteiger charge is -2.44. The summed E-state index contributed by atoms with van der Waals surface area (Å²) >= 11 is 0. The number of carbonyl (C=O) groups is 2. The highest BCUT2D eigenvalue weighted by molar-refractivity contribution is 6.03. The van der Waals surface area contributed by atoms with E-state index >= 15 is 0 Å². The second-order valence-corrected chi connectivity index (χ2v) is 8.66. The minimum atomic E-state index is -1.12. The van der Waals surface area contributed by atoms with Gasteiger partial charge in [0.05, 0.1) is 25.9 Å². The van der Waals surface area contributed by atoms with Gasteiger partial charge in [-0.25, -0.2) is 0 Å². The Morgan fingerprint density at radius 1 is 1.09 bits per heavy atom. The van der Waals surface area contributed by atoms with Gasteiger partial charge in [-0.3, -0.25) is 14.6 Å². The lowest BCUT2D eigenvalue weighted by molar-refractivity contribution is -0.133. The van der Waals surface area contributed by atoms with Crippen molar-refractivity contribution in [2.45, 2.75) is 32.1 Å². The van der Waals surface area contributed by atoms with Crippen LogP contribution in [0.1, 0.15) is 28.7 Å². The number of fused-ring (bicyclic) bond motifs is 3. The van der Waals surface area contributed by atoms with Gasteiger partial charge < -0.3 is 19.5 Å². The minimum absolute atomic E-state index is 0.192. The lowest BCUT2D eigenvalue weighted by Crippen LogP contribution is -2.63. The van der Waals surface area contributed by atoms with Crippen LogP contribution in [0.5, 0.6) is 5.75 Å². The summed E-state index contributed by atoms with van der Waals surface area (Å²) in [4.78, 5) is 33.5. The van der Waals surface area contributed by atoms with Gasteiger partial charge in [0.25, 0.3) is 5.91 Å². The highest BCUT2D eigenvalue weighted by Crippen LogP contribution is 2.33. The fourth-order valence-electron chi connectivity index (χ4n) is 4.62. The molecular formula is C27H26N4O3. The maximum absolute atomic E-state index is 13.8. The molecule has 0 fully saturated rings. The van der Waals surface area contributed by atoms with Crippen LogP contribution < -0.4 is 10.1 Å². The third kappa shape index (κ3) is 3.69. The zero-order valence-electron chi connectivity index (χ0n) is 19.2. The fourth-order valence-corrected chi connectivity index (χ4v) is 4.62. The number of amides is 2. The predicted molar refractivity (Wildman–Crippen MR) is 129 cm³/mol. The first-order chi connectivity index (χ1) is 16.5. The number of aromatic nitrogens is 2. The smallest absolute Gasteiger partial charge is 0.271 e. The average molecular weight is 455 g/mol. The van der Waals surface area contributed by atoms with Crippen molar-refractivity contribution in [2.75, 3.05) is 7.11 Å². The number of methoxy groups -OCH3 is 1. The Kier molecular flexibility index (Phi) is 5.53. The van der Waals surface area contributed by atoms with Gasteiger partial charge in [0.1, 0.15) is 17.0 Å². The van der Waals surface area contributed by atoms with Crippen molar-refractivity contribution < 1.29 is 14.3 Å². The second-order valence-electron chi connectivity index (χ2n) is 8.66. The Labute approximate surface area is 198 Å². The van der Waals surface area contributed by atoms with Gasteiger partial charge in [-0.15, -0.1) is 0 Å². The molecule has 172 valence electrons. The zero-order chi connectivity index (χ0) is 23.7. The number of ether oxygens (including phenoxy) is 1. The molecule has 0 unspecified atom stereocenters. The fraction of sp³-hybridized carbons (Fsp3) is 0.222. The van der Waals surface area contributed by atoms with Gasteiger partial charge in [-0.1, -0.05) is 42.5 Å². The van der Waals surface area contributed by atoms with Gasteiger partial charge >= 0.3 is 0 Å². The van der Waals surface area contributed by atoms with Crippen molar-refractivity contribution in [1.82, 2.24) is 19.8 Å². The number of pyridine rings is 1. The lowest BCUT2D eigenvalue weighted by atomic mass is 9.94. The first-order valence-corrected chi connectivity index (χ1v) is 11.2. The van der Waals surface area contributed by atoms with Crippen LogP contribution in [-0.2, 0) is 24.4 Å². The normalized spacial score (nSPS) is 17.5. The van der Waals surface area contributed by atoms with Crippen LogP contribution in [0.15, 0.2) is 79.0 Å². The molecule has 5 rings (SSSR count). The Morgan fingerprint density at radius 3 is 2.65 bits per heavy atom. The molecule has 1 aliphatic heterocycles. The number of carbonyl (C=O) groups excluding carboxylic acids is 2. The van der Waals surface area contributed by atoms with Crippen LogP contribution in [0, 0.1) is 0 Å². The summed E-state index contributed by atoms with van der Waals surface area (Å²) < 4.78 is 7.38. The van der Waals surface area contributed by atoms with Gasteiger partial charge in [0.15, 0.2) is 0 Å². The number of nitrogens with one attached hydrogen (secondary N) is 1. The molecule has 0 radical (unpaired) electrons. The number of hydrogen-bond donors (Lipinski definition) is 1. The van der Waals surface area contributed by atoms with E-state index in [0.29, 0.717) is 24.5 Å². The Hall–Kier alpha value is -4.13. The molecule has 3 heterocycles. The van der Waals surface area contributed by atoms with Crippen LogP contribution in [0.2, 0.25) is 0 Å². The van der Waals surface area contributed by atoms with Crippen LogP contribution in [0.25, 0.3) is 10.9 Å². The highest BCUT2D eigenvalue weighted by Gasteiger charge is 2.47. The average Bonchev–Trinajstić information content (AvgIpc) is 3.24. The van der Waals surface area contributed by atoms with E-state index in [0.717, 1.165) is 22.2 Å². The molecule has 34 heavy (non-hydrogen) atoms. The molecule has 2 amide bonds. The van der Waals surface area contributed by atoms with E-state index in [9.17, 15) is 9.59 Å². The number of nitrogens with zero attached hydrogens (tertiary/aromatic N) is 3. The number of benzene rings is 2. The van der Waals surface area contributed by atoms with Crippen molar-refractivity contribution in [3.8, 4) is 5.75 Å². The van der Waals surface area contributed by atoms with Crippen molar-refractivity contribution in [3.63, 3.8) is 0 Å². The van der Waals surface area contributed by atoms with E-state index in [2.05, 4.69) is 10.3 Å². The molecule has 7 nitrogen and oxygen atoms in total. The molecule has 0 aliphatic carbocycles. The molecule has 1 N–H and O–H groups in total. The van der Waals surface area contributed by atoms with Crippen molar-refractivity contribution >= 4 is 22.7 Å². The molecule has 0 spiro atoms. The van der Waals surface area contributed by atoms with Crippen LogP contribution >= 0.6 is 0 Å². The SMILES string of the molecule is COc1ccccc1CNC(=O)[C@@]1(C)Cn2c(cc3ccccc32)C(=O)N1Cc1ccccn1. The number of hydrogen-bond acceptors (Lipinski definition) is 4. The molecule has 1 aliphatic rings. The highest BCUT2D eigenvalue weighted by atomic mass is 16.5. The second kappa shape index (κ2) is 8.67. The number of para-hydroxylation sites is 2. The predicted octanol–water partition coefficient (Wildman–Crippen LogP) is 3.78. The summed E-state index contributed by atoms with van der Waals surface area (Å²) in [5.41, 5.74) is 1.99. The van der Waals surface area contributed by atoms with E-state index < -0.39 is 5.54 Å². The third-order valence-corrected chi connectivity index (χ3v) is 6.50. The molecule has 0 saturated heterocycles. The van der Waals surface area contributed by atoms with Crippen LogP contribution in [0.4, 0.5) is 0 Å². The molecular weight excluding hydrogens is 428 g/mol. The standard InChI is InChI=1S/C27H26N4O3/c1-27(26(33)29-16-20-10-4-6-13-24(20)34-2)18-30-22-12-5-3-9-19(22)15-23(30)25(32)31(27)17-21-11-7-8-14-28-21/h3-15H,16-18H2,1-2H3,(H,29,33)/t27-/m1/s1. The summed E-state index contributed by atoms with van der Waals surface area (Å²) in [5, 5.41) is 4.02. The van der Waals surface area contributed by atoms with Crippen LogP contribution in [-0.4, -0.2) is 38.9 Å². The molecule has 1 atom stereocenters. The van der Waals surface area contributed by atoms with Crippen molar-refractivity contribution in [2.24, 2.45) is 0 Å². The largest absolute Gasteiger partial charge is 0.496 e. The minimum Gasteiger partial charge on any atom is -0.496 e. The Balaban J connectivity index is 1.52. The van der Waals surface area contributed by atoms with Crippen molar-refractivity contribution in [1.29, 1.82) is 0 Å². The molecule has 0 saturated carbocycles. The molecule has 2 aromatic heterocycles. The Morgan fingerprint density at radius 2 is 1.85 bits per heavy atom.